The van der Waals surface area contributed by atoms with Crippen molar-refractivity contribution in [1.82, 2.24) is 10.2 Å². The van der Waals surface area contributed by atoms with Crippen molar-refractivity contribution in [2.45, 2.75) is 38.0 Å². The van der Waals surface area contributed by atoms with E-state index in [4.69, 9.17) is 9.15 Å². The molecular weight excluding hydrogens is 282 g/mol. The fourth-order valence-corrected chi connectivity index (χ4v) is 2.94. The van der Waals surface area contributed by atoms with Crippen molar-refractivity contribution in [3.05, 3.63) is 35.0 Å². The Morgan fingerprint density at radius 3 is 2.95 bits per heavy atom. The highest BCUT2D eigenvalue weighted by atomic mass is 16.5. The van der Waals surface area contributed by atoms with E-state index in [2.05, 4.69) is 21.6 Å². The molecule has 1 amide bonds. The number of rotatable bonds is 4. The number of ether oxygens (including phenoxy) is 1. The molecule has 0 atom stereocenters. The topological polar surface area (TPSA) is 77.2 Å². The predicted octanol–water partition coefficient (Wildman–Crippen LogP) is 2.70. The minimum atomic E-state index is -0.377. The Kier molecular flexibility index (Phi) is 3.10. The highest BCUT2D eigenvalue weighted by Crippen LogP contribution is 2.39. The summed E-state index contributed by atoms with van der Waals surface area (Å²) in [4.78, 5) is 12.4. The van der Waals surface area contributed by atoms with Gasteiger partial charge in [-0.3, -0.25) is 4.79 Å². The van der Waals surface area contributed by atoms with Gasteiger partial charge in [0.1, 0.15) is 5.75 Å². The predicted molar refractivity (Wildman–Crippen MR) is 79.2 cm³/mol. The normalized spacial score (nSPS) is 16.4. The van der Waals surface area contributed by atoms with Gasteiger partial charge in [-0.25, -0.2) is 0 Å². The summed E-state index contributed by atoms with van der Waals surface area (Å²) in [7, 11) is 1.60. The van der Waals surface area contributed by atoms with Gasteiger partial charge in [0.15, 0.2) is 0 Å². The molecule has 6 nitrogen and oxygen atoms in total. The van der Waals surface area contributed by atoms with Crippen molar-refractivity contribution in [2.75, 3.05) is 12.4 Å². The van der Waals surface area contributed by atoms with Crippen LogP contribution in [-0.4, -0.2) is 23.2 Å². The monoisotopic (exact) mass is 299 g/mol. The highest BCUT2D eigenvalue weighted by Gasteiger charge is 2.31. The van der Waals surface area contributed by atoms with E-state index < -0.39 is 0 Å². The average molecular weight is 299 g/mol. The Hall–Kier alpha value is -2.37. The zero-order chi connectivity index (χ0) is 15.1. The van der Waals surface area contributed by atoms with E-state index in [1.807, 2.05) is 6.07 Å². The van der Waals surface area contributed by atoms with Gasteiger partial charge in [-0.2, -0.15) is 0 Å². The second kappa shape index (κ2) is 5.12. The number of amides is 1. The SMILES string of the molecule is COc1ccc2c(c1NC(=O)c1nnc(C3CC3)o1)CCC2. The molecule has 114 valence electrons. The number of aromatic nitrogens is 2. The molecule has 0 saturated heterocycles. The second-order valence-electron chi connectivity index (χ2n) is 5.81. The summed E-state index contributed by atoms with van der Waals surface area (Å²) in [5, 5.41) is 10.7. The van der Waals surface area contributed by atoms with Gasteiger partial charge in [-0.15, -0.1) is 10.2 Å². The van der Waals surface area contributed by atoms with Crippen molar-refractivity contribution in [2.24, 2.45) is 0 Å². The molecule has 2 aliphatic rings. The summed E-state index contributed by atoms with van der Waals surface area (Å²) >= 11 is 0. The van der Waals surface area contributed by atoms with Gasteiger partial charge >= 0.3 is 11.8 Å². The molecule has 0 spiro atoms. The van der Waals surface area contributed by atoms with Gasteiger partial charge in [0.05, 0.1) is 12.8 Å². The molecule has 0 bridgehead atoms. The number of nitrogens with zero attached hydrogens (tertiary/aromatic N) is 2. The third-order valence-corrected chi connectivity index (χ3v) is 4.26. The number of carbonyl (C=O) groups excluding carboxylic acids is 1. The molecule has 2 aliphatic carbocycles. The molecule has 1 aromatic heterocycles. The number of hydrogen-bond donors (Lipinski definition) is 1. The molecule has 4 rings (SSSR count). The number of nitrogens with one attached hydrogen (secondary N) is 1. The molecule has 2 aromatic rings. The van der Waals surface area contributed by atoms with Gasteiger partial charge in [-0.1, -0.05) is 6.07 Å². The van der Waals surface area contributed by atoms with Gasteiger partial charge in [0.2, 0.25) is 5.89 Å². The summed E-state index contributed by atoms with van der Waals surface area (Å²) in [5.41, 5.74) is 3.14. The van der Waals surface area contributed by atoms with Crippen LogP contribution < -0.4 is 10.1 Å². The summed E-state index contributed by atoms with van der Waals surface area (Å²) in [6, 6.07) is 3.96. The summed E-state index contributed by atoms with van der Waals surface area (Å²) in [6.45, 7) is 0. The van der Waals surface area contributed by atoms with E-state index in [9.17, 15) is 4.79 Å². The zero-order valence-electron chi connectivity index (χ0n) is 12.4. The van der Waals surface area contributed by atoms with Crippen LogP contribution in [0.25, 0.3) is 0 Å². The lowest BCUT2D eigenvalue weighted by atomic mass is 10.1. The van der Waals surface area contributed by atoms with Gasteiger partial charge in [0.25, 0.3) is 0 Å². The van der Waals surface area contributed by atoms with Crippen LogP contribution in [0.1, 0.15) is 52.9 Å². The molecule has 6 heteroatoms. The summed E-state index contributed by atoms with van der Waals surface area (Å²) < 4.78 is 10.8. The first-order valence-electron chi connectivity index (χ1n) is 7.59. The first kappa shape index (κ1) is 13.3. The van der Waals surface area contributed by atoms with E-state index in [1.165, 1.54) is 5.56 Å². The van der Waals surface area contributed by atoms with Crippen molar-refractivity contribution in [3.8, 4) is 5.75 Å². The van der Waals surface area contributed by atoms with E-state index in [1.54, 1.807) is 7.11 Å². The maximum Gasteiger partial charge on any atom is 0.313 e. The lowest BCUT2D eigenvalue weighted by Gasteiger charge is -2.13. The number of carbonyl (C=O) groups is 1. The molecule has 1 fully saturated rings. The molecular formula is C16H17N3O3. The second-order valence-corrected chi connectivity index (χ2v) is 5.81. The summed E-state index contributed by atoms with van der Waals surface area (Å²) in [6.07, 6.45) is 5.19. The maximum atomic E-state index is 12.4. The number of benzene rings is 1. The number of methoxy groups -OCH3 is 1. The Morgan fingerprint density at radius 2 is 2.18 bits per heavy atom. The fourth-order valence-electron chi connectivity index (χ4n) is 2.94. The van der Waals surface area contributed by atoms with E-state index in [0.29, 0.717) is 17.6 Å². The van der Waals surface area contributed by atoms with Crippen molar-refractivity contribution >= 4 is 11.6 Å². The van der Waals surface area contributed by atoms with Crippen molar-refractivity contribution in [3.63, 3.8) is 0 Å². The minimum Gasteiger partial charge on any atom is -0.495 e. The highest BCUT2D eigenvalue weighted by molar-refractivity contribution is 6.02. The lowest BCUT2D eigenvalue weighted by Crippen LogP contribution is -2.14. The molecule has 1 heterocycles. The van der Waals surface area contributed by atoms with Crippen molar-refractivity contribution in [1.29, 1.82) is 0 Å². The number of anilines is 1. The van der Waals surface area contributed by atoms with Crippen LogP contribution in [0.4, 0.5) is 5.69 Å². The average Bonchev–Trinajstić information content (AvgIpc) is 3.07. The van der Waals surface area contributed by atoms with Crippen LogP contribution in [0.2, 0.25) is 0 Å². The molecule has 0 unspecified atom stereocenters. The standard InChI is InChI=1S/C16H17N3O3/c1-21-12-8-7-9-3-2-4-11(9)13(12)17-14(20)16-19-18-15(22-16)10-5-6-10/h7-8,10H,2-6H2,1H3,(H,17,20). The molecule has 1 saturated carbocycles. The smallest absolute Gasteiger partial charge is 0.313 e. The van der Waals surface area contributed by atoms with E-state index in [0.717, 1.165) is 43.4 Å². The Labute approximate surface area is 127 Å². The molecule has 0 aliphatic heterocycles. The summed E-state index contributed by atoms with van der Waals surface area (Å²) in [5.74, 6) is 1.20. The van der Waals surface area contributed by atoms with Gasteiger partial charge < -0.3 is 14.5 Å². The number of aryl methyl sites for hydroxylation is 1. The largest absolute Gasteiger partial charge is 0.495 e. The lowest BCUT2D eigenvalue weighted by molar-refractivity contribution is 0.0988. The zero-order valence-corrected chi connectivity index (χ0v) is 12.4. The minimum absolute atomic E-state index is 0.0135. The van der Waals surface area contributed by atoms with Crippen LogP contribution in [0.15, 0.2) is 16.5 Å². The van der Waals surface area contributed by atoms with Crippen LogP contribution in [0, 0.1) is 0 Å². The third kappa shape index (κ3) is 2.24. The van der Waals surface area contributed by atoms with Crippen LogP contribution in [0.5, 0.6) is 5.75 Å². The molecule has 1 aromatic carbocycles. The first-order valence-corrected chi connectivity index (χ1v) is 7.59. The van der Waals surface area contributed by atoms with Gasteiger partial charge in [-0.05, 0) is 49.3 Å². The molecule has 1 N–H and O–H groups in total. The Morgan fingerprint density at radius 1 is 1.32 bits per heavy atom. The Balaban J connectivity index is 1.62. The van der Waals surface area contributed by atoms with E-state index >= 15 is 0 Å². The van der Waals surface area contributed by atoms with Crippen LogP contribution in [0.3, 0.4) is 0 Å². The molecule has 22 heavy (non-hydrogen) atoms. The molecule has 0 radical (unpaired) electrons. The van der Waals surface area contributed by atoms with Gasteiger partial charge in [0, 0.05) is 5.92 Å². The first-order chi connectivity index (χ1) is 10.8. The van der Waals surface area contributed by atoms with Crippen LogP contribution >= 0.6 is 0 Å². The number of hydrogen-bond acceptors (Lipinski definition) is 5. The fraction of sp³-hybridized carbons (Fsp3) is 0.438. The maximum absolute atomic E-state index is 12.4. The third-order valence-electron chi connectivity index (χ3n) is 4.26. The van der Waals surface area contributed by atoms with Crippen LogP contribution in [-0.2, 0) is 12.8 Å². The van der Waals surface area contributed by atoms with E-state index in [-0.39, 0.29) is 11.8 Å². The Bertz CT molecular complexity index is 734. The van der Waals surface area contributed by atoms with Crippen molar-refractivity contribution < 1.29 is 13.9 Å². The quantitative estimate of drug-likeness (QED) is 0.939. The number of fused-ring (bicyclic) bond motifs is 1.